The number of fused-ring (bicyclic) bond motifs is 1. The molecule has 0 saturated heterocycles. The molecule has 1 aliphatic heterocycles. The summed E-state index contributed by atoms with van der Waals surface area (Å²) >= 11 is 0. The highest BCUT2D eigenvalue weighted by molar-refractivity contribution is 5.99. The first kappa shape index (κ1) is 11.9. The second-order valence-corrected chi connectivity index (χ2v) is 4.58. The summed E-state index contributed by atoms with van der Waals surface area (Å²) in [6.45, 7) is 0. The fraction of sp³-hybridized carbons (Fsp3) is 0.133. The van der Waals surface area contributed by atoms with Crippen LogP contribution in [0.15, 0.2) is 54.6 Å². The van der Waals surface area contributed by atoms with Crippen LogP contribution in [0, 0.1) is 0 Å². The Labute approximate surface area is 110 Å². The molecule has 2 aromatic carbocycles. The Morgan fingerprint density at radius 2 is 1.63 bits per heavy atom. The smallest absolute Gasteiger partial charge is 0.254 e. The molecule has 4 nitrogen and oxygen atoms in total. The van der Waals surface area contributed by atoms with Gasteiger partial charge in [0.05, 0.1) is 0 Å². The van der Waals surface area contributed by atoms with Gasteiger partial charge >= 0.3 is 0 Å². The predicted octanol–water partition coefficient (Wildman–Crippen LogP) is 1.31. The Balaban J connectivity index is 2.08. The Bertz CT molecular complexity index is 626. The monoisotopic (exact) mass is 255 g/mol. The Hall–Kier alpha value is -2.17. The number of aliphatic hydroxyl groups excluding tert-OH is 1. The third-order valence-corrected chi connectivity index (χ3v) is 3.40. The fourth-order valence-corrected chi connectivity index (χ4v) is 2.41. The average molecular weight is 255 g/mol. The van der Waals surface area contributed by atoms with Crippen LogP contribution in [0.2, 0.25) is 0 Å². The molecule has 1 amide bonds. The minimum Gasteiger partial charge on any atom is -0.383 e. The van der Waals surface area contributed by atoms with Gasteiger partial charge in [0.2, 0.25) is 0 Å². The number of hydrogen-bond donors (Lipinski definition) is 3. The summed E-state index contributed by atoms with van der Waals surface area (Å²) in [6, 6.07) is 15.5. The van der Waals surface area contributed by atoms with Crippen LogP contribution in [0.4, 0.5) is 0 Å². The lowest BCUT2D eigenvalue weighted by molar-refractivity contribution is -0.0948. The maximum Gasteiger partial charge on any atom is 0.254 e. The summed E-state index contributed by atoms with van der Waals surface area (Å²) < 4.78 is 0. The summed E-state index contributed by atoms with van der Waals surface area (Å²) in [5.41, 5.74) is -0.451. The van der Waals surface area contributed by atoms with Gasteiger partial charge in [0, 0.05) is 11.1 Å². The second-order valence-electron chi connectivity index (χ2n) is 4.58. The zero-order valence-corrected chi connectivity index (χ0v) is 10.1. The topological polar surface area (TPSA) is 69.6 Å². The molecule has 0 spiro atoms. The zero-order chi connectivity index (χ0) is 13.5. The standard InChI is InChI=1S/C15H13NO3/c17-13(10-6-2-1-3-7-10)15(19)12-9-5-4-8-11(12)14(18)16-15/h1-9,13,17,19H,(H,16,18). The number of nitrogens with one attached hydrogen (secondary N) is 1. The molecule has 0 fully saturated rings. The van der Waals surface area contributed by atoms with Crippen molar-refractivity contribution in [3.63, 3.8) is 0 Å². The molecule has 2 atom stereocenters. The SMILES string of the molecule is O=C1NC(O)(C(O)c2ccccc2)c2ccccc21. The van der Waals surface area contributed by atoms with E-state index in [-0.39, 0.29) is 5.91 Å². The normalized spacial score (nSPS) is 22.7. The summed E-state index contributed by atoms with van der Waals surface area (Å²) in [7, 11) is 0. The van der Waals surface area contributed by atoms with Gasteiger partial charge in [-0.3, -0.25) is 4.79 Å². The quantitative estimate of drug-likeness (QED) is 0.757. The number of carbonyl (C=O) groups is 1. The summed E-state index contributed by atoms with van der Waals surface area (Å²) in [4.78, 5) is 11.8. The van der Waals surface area contributed by atoms with Gasteiger partial charge in [0.15, 0.2) is 5.72 Å². The second kappa shape index (κ2) is 4.19. The van der Waals surface area contributed by atoms with Gasteiger partial charge in [-0.15, -0.1) is 0 Å². The molecule has 1 aliphatic rings. The van der Waals surface area contributed by atoms with Gasteiger partial charge in [-0.25, -0.2) is 0 Å². The van der Waals surface area contributed by atoms with E-state index in [4.69, 9.17) is 0 Å². The fourth-order valence-electron chi connectivity index (χ4n) is 2.41. The lowest BCUT2D eigenvalue weighted by atomic mass is 9.92. The molecule has 96 valence electrons. The minimum absolute atomic E-state index is 0.381. The summed E-state index contributed by atoms with van der Waals surface area (Å²) in [6.07, 6.45) is -1.22. The van der Waals surface area contributed by atoms with Gasteiger partial charge < -0.3 is 15.5 Å². The van der Waals surface area contributed by atoms with Crippen molar-refractivity contribution >= 4 is 5.91 Å². The number of hydrogen-bond acceptors (Lipinski definition) is 3. The van der Waals surface area contributed by atoms with Gasteiger partial charge in [-0.05, 0) is 11.6 Å². The third kappa shape index (κ3) is 1.73. The zero-order valence-electron chi connectivity index (χ0n) is 10.1. The maximum atomic E-state index is 11.8. The number of amides is 1. The number of benzene rings is 2. The molecule has 3 rings (SSSR count). The van der Waals surface area contributed by atoms with Crippen molar-refractivity contribution < 1.29 is 15.0 Å². The van der Waals surface area contributed by atoms with Gasteiger partial charge in [0.25, 0.3) is 5.91 Å². The van der Waals surface area contributed by atoms with E-state index in [1.54, 1.807) is 48.5 Å². The Morgan fingerprint density at radius 3 is 2.37 bits per heavy atom. The first-order valence-electron chi connectivity index (χ1n) is 6.00. The van der Waals surface area contributed by atoms with Crippen LogP contribution in [-0.2, 0) is 5.72 Å². The van der Waals surface area contributed by atoms with E-state index < -0.39 is 11.8 Å². The molecule has 0 bridgehead atoms. The van der Waals surface area contributed by atoms with Crippen molar-refractivity contribution in [2.75, 3.05) is 0 Å². The number of carbonyl (C=O) groups excluding carboxylic acids is 1. The van der Waals surface area contributed by atoms with E-state index in [0.717, 1.165) is 0 Å². The molecule has 0 aliphatic carbocycles. The first-order chi connectivity index (χ1) is 9.13. The Kier molecular flexibility index (Phi) is 2.62. The van der Waals surface area contributed by atoms with Crippen LogP contribution in [0.3, 0.4) is 0 Å². The van der Waals surface area contributed by atoms with E-state index in [2.05, 4.69) is 5.32 Å². The highest BCUT2D eigenvalue weighted by atomic mass is 16.4. The van der Waals surface area contributed by atoms with Crippen LogP contribution in [0.1, 0.15) is 27.6 Å². The van der Waals surface area contributed by atoms with Crippen molar-refractivity contribution in [3.05, 3.63) is 71.3 Å². The van der Waals surface area contributed by atoms with Crippen molar-refractivity contribution in [2.24, 2.45) is 0 Å². The highest BCUT2D eigenvalue weighted by Gasteiger charge is 2.47. The van der Waals surface area contributed by atoms with Crippen LogP contribution in [-0.4, -0.2) is 16.1 Å². The number of aliphatic hydroxyl groups is 2. The number of rotatable bonds is 2. The molecule has 4 heteroatoms. The van der Waals surface area contributed by atoms with Crippen LogP contribution < -0.4 is 5.32 Å². The average Bonchev–Trinajstić information content (AvgIpc) is 2.72. The Morgan fingerprint density at radius 1 is 1.00 bits per heavy atom. The molecule has 2 unspecified atom stereocenters. The molecule has 2 aromatic rings. The van der Waals surface area contributed by atoms with E-state index in [0.29, 0.717) is 16.7 Å². The molecule has 0 saturated carbocycles. The summed E-state index contributed by atoms with van der Waals surface area (Å²) in [5, 5.41) is 23.5. The van der Waals surface area contributed by atoms with E-state index >= 15 is 0 Å². The molecule has 1 heterocycles. The largest absolute Gasteiger partial charge is 0.383 e. The van der Waals surface area contributed by atoms with Crippen molar-refractivity contribution in [3.8, 4) is 0 Å². The lowest BCUT2D eigenvalue weighted by Gasteiger charge is -2.29. The van der Waals surface area contributed by atoms with E-state index in [1.807, 2.05) is 6.07 Å². The van der Waals surface area contributed by atoms with Crippen LogP contribution in [0.5, 0.6) is 0 Å². The maximum absolute atomic E-state index is 11.8. The predicted molar refractivity (Wildman–Crippen MR) is 69.2 cm³/mol. The van der Waals surface area contributed by atoms with Crippen molar-refractivity contribution in [2.45, 2.75) is 11.8 Å². The molecule has 19 heavy (non-hydrogen) atoms. The minimum atomic E-state index is -1.78. The highest BCUT2D eigenvalue weighted by Crippen LogP contribution is 2.38. The van der Waals surface area contributed by atoms with Gasteiger partial charge in [-0.1, -0.05) is 48.5 Å². The van der Waals surface area contributed by atoms with E-state index in [9.17, 15) is 15.0 Å². The molecule has 0 aromatic heterocycles. The molecule has 3 N–H and O–H groups in total. The molecular weight excluding hydrogens is 242 g/mol. The third-order valence-electron chi connectivity index (χ3n) is 3.40. The van der Waals surface area contributed by atoms with Gasteiger partial charge in [0.1, 0.15) is 6.10 Å². The first-order valence-corrected chi connectivity index (χ1v) is 6.00. The van der Waals surface area contributed by atoms with Crippen LogP contribution in [0.25, 0.3) is 0 Å². The molecule has 0 radical (unpaired) electrons. The van der Waals surface area contributed by atoms with Crippen LogP contribution >= 0.6 is 0 Å². The van der Waals surface area contributed by atoms with Crippen molar-refractivity contribution in [1.82, 2.24) is 5.32 Å². The van der Waals surface area contributed by atoms with E-state index in [1.165, 1.54) is 0 Å². The lowest BCUT2D eigenvalue weighted by Crippen LogP contribution is -2.44. The summed E-state index contributed by atoms with van der Waals surface area (Å²) in [5.74, 6) is -0.381. The van der Waals surface area contributed by atoms with Crippen molar-refractivity contribution in [1.29, 1.82) is 0 Å². The van der Waals surface area contributed by atoms with Gasteiger partial charge in [-0.2, -0.15) is 0 Å². The molecular formula is C15H13NO3.